The van der Waals surface area contributed by atoms with Gasteiger partial charge in [-0.3, -0.25) is 0 Å². The third-order valence-electron chi connectivity index (χ3n) is 17.8. The molecule has 0 radical (unpaired) electrons. The van der Waals surface area contributed by atoms with Crippen LogP contribution in [0.4, 0.5) is 34.1 Å². The number of benzene rings is 12. The third-order valence-corrected chi connectivity index (χ3v) is 17.8. The van der Waals surface area contributed by atoms with Crippen LogP contribution in [-0.2, 0) is 0 Å². The molecular weight excluding hydrogens is 1020 g/mol. The fourth-order valence-corrected chi connectivity index (χ4v) is 13.7. The van der Waals surface area contributed by atoms with Gasteiger partial charge in [0.15, 0.2) is 5.58 Å². The molecule has 0 aliphatic rings. The maximum Gasteiger partial charge on any atom is 0.159 e. The van der Waals surface area contributed by atoms with E-state index in [1.165, 1.54) is 71.6 Å². The number of nitrogens with zero attached hydrogens (tertiary/aromatic N) is 2. The monoisotopic (exact) mass is 1090 g/mol. The zero-order chi connectivity index (χ0) is 58.4. The van der Waals surface area contributed by atoms with Crippen LogP contribution in [0.1, 0.15) is 124 Å². The van der Waals surface area contributed by atoms with Crippen molar-refractivity contribution >= 4 is 88.4 Å². The SMILES string of the molecule is Cc1ccc(N(c2cccc(-c3cccc(-c4ccccc4C(C)C)c3)c2O)c2cc(C(C)C)c3ccc4c(N(c5ccc(C)cc5C)c5cccc6c5oc5c(-c7ccccc7C(C)C)cccc56)cc(C(C)C)c5ccc2c3c54)c(C)c1. The molecule has 0 fully saturated rings. The molecule has 1 aromatic heterocycles. The van der Waals surface area contributed by atoms with Gasteiger partial charge in [-0.1, -0.05) is 224 Å². The van der Waals surface area contributed by atoms with Crippen molar-refractivity contribution in [2.24, 2.45) is 0 Å². The first kappa shape index (κ1) is 54.1. The first-order valence-electron chi connectivity index (χ1n) is 30.2. The van der Waals surface area contributed by atoms with Crippen LogP contribution < -0.4 is 9.80 Å². The molecule has 1 N–H and O–H groups in total. The Morgan fingerprint density at radius 2 is 0.738 bits per heavy atom. The summed E-state index contributed by atoms with van der Waals surface area (Å²) in [4.78, 5) is 4.83. The summed E-state index contributed by atoms with van der Waals surface area (Å²) in [5.74, 6) is 1.29. The van der Waals surface area contributed by atoms with Crippen molar-refractivity contribution in [2.75, 3.05) is 9.80 Å². The first-order chi connectivity index (χ1) is 40.6. The Morgan fingerprint density at radius 3 is 1.30 bits per heavy atom. The minimum atomic E-state index is 0.171. The molecule has 0 aliphatic carbocycles. The number of phenols is 1. The fraction of sp³-hybridized carbons (Fsp3) is 0.200. The van der Waals surface area contributed by atoms with Gasteiger partial charge in [0.1, 0.15) is 11.3 Å². The van der Waals surface area contributed by atoms with Crippen molar-refractivity contribution in [1.29, 1.82) is 0 Å². The van der Waals surface area contributed by atoms with Crippen LogP contribution in [0.15, 0.2) is 205 Å². The highest BCUT2D eigenvalue weighted by Gasteiger charge is 2.30. The van der Waals surface area contributed by atoms with Crippen molar-refractivity contribution < 1.29 is 9.52 Å². The van der Waals surface area contributed by atoms with E-state index in [1.54, 1.807) is 0 Å². The molecule has 0 unspecified atom stereocenters. The van der Waals surface area contributed by atoms with Crippen LogP contribution in [0.5, 0.6) is 5.75 Å². The van der Waals surface area contributed by atoms with Crippen molar-refractivity contribution in [3.63, 3.8) is 0 Å². The maximum absolute atomic E-state index is 13.1. The standard InChI is InChI=1S/C80H74N2O2/c1-46(2)56-23-13-15-25-58(56)54-21-17-22-55(43-54)59-27-19-31-72(78(59)83)81(70-39-33-50(9)41-52(70)11)74-44-68(48(5)6)61-36-38-67-75(45-69(49(7)8)62-35-37-66(74)76(61)77(62)67)82(71-40-34-51(10)42-53(71)12)73-32-20-30-65-64-29-18-28-63(79(64)84-80(65)73)60-26-16-14-24-57(60)47(3)4/h13-49,83H,1-12H3. The quantitative estimate of drug-likeness (QED) is 0.117. The van der Waals surface area contributed by atoms with Gasteiger partial charge in [-0.2, -0.15) is 0 Å². The Balaban J connectivity index is 1.09. The molecule has 0 bridgehead atoms. The van der Waals surface area contributed by atoms with Crippen LogP contribution in [0, 0.1) is 27.7 Å². The van der Waals surface area contributed by atoms with Gasteiger partial charge >= 0.3 is 0 Å². The van der Waals surface area contributed by atoms with Crippen LogP contribution >= 0.6 is 0 Å². The molecule has 0 amide bonds. The van der Waals surface area contributed by atoms with E-state index < -0.39 is 0 Å². The third kappa shape index (κ3) is 8.97. The summed E-state index contributed by atoms with van der Waals surface area (Å²) >= 11 is 0. The molecule has 416 valence electrons. The molecule has 13 aromatic rings. The van der Waals surface area contributed by atoms with Gasteiger partial charge in [0, 0.05) is 44.0 Å². The minimum Gasteiger partial charge on any atom is -0.505 e. The summed E-state index contributed by atoms with van der Waals surface area (Å²) in [6.07, 6.45) is 0. The summed E-state index contributed by atoms with van der Waals surface area (Å²) in [6, 6.07) is 73.5. The predicted octanol–water partition coefficient (Wildman–Crippen LogP) is 23.9. The lowest BCUT2D eigenvalue weighted by Crippen LogP contribution is -2.14. The Labute approximate surface area is 495 Å². The number of hydrogen-bond acceptors (Lipinski definition) is 4. The largest absolute Gasteiger partial charge is 0.505 e. The molecule has 4 heteroatoms. The highest BCUT2D eigenvalue weighted by molar-refractivity contribution is 6.30. The van der Waals surface area contributed by atoms with Crippen molar-refractivity contribution in [1.82, 2.24) is 0 Å². The molecule has 0 saturated heterocycles. The molecule has 84 heavy (non-hydrogen) atoms. The van der Waals surface area contributed by atoms with E-state index in [-0.39, 0.29) is 17.6 Å². The highest BCUT2D eigenvalue weighted by Crippen LogP contribution is 2.55. The number of furan rings is 1. The number of phenolic OH excluding ortho intramolecular Hbond substituents is 1. The molecule has 4 nitrogen and oxygen atoms in total. The molecule has 1 heterocycles. The van der Waals surface area contributed by atoms with Gasteiger partial charge in [-0.25, -0.2) is 0 Å². The van der Waals surface area contributed by atoms with E-state index >= 15 is 0 Å². The van der Waals surface area contributed by atoms with Crippen molar-refractivity contribution in [3.05, 3.63) is 245 Å². The Kier molecular flexibility index (Phi) is 13.7. The van der Waals surface area contributed by atoms with Crippen molar-refractivity contribution in [2.45, 2.75) is 107 Å². The average molecular weight is 1100 g/mol. The second-order valence-corrected chi connectivity index (χ2v) is 24.8. The molecular formula is C80H74N2O2. The van der Waals surface area contributed by atoms with E-state index in [4.69, 9.17) is 4.42 Å². The Hall–Kier alpha value is -9.12. The first-order valence-corrected chi connectivity index (χ1v) is 30.2. The van der Waals surface area contributed by atoms with Gasteiger partial charge in [0.25, 0.3) is 0 Å². The molecule has 0 saturated carbocycles. The molecule has 12 aromatic carbocycles. The van der Waals surface area contributed by atoms with Gasteiger partial charge < -0.3 is 19.3 Å². The second-order valence-electron chi connectivity index (χ2n) is 24.8. The number of fused-ring (bicyclic) bond motifs is 3. The maximum atomic E-state index is 13.1. The normalized spacial score (nSPS) is 12.0. The Bertz CT molecular complexity index is 4700. The summed E-state index contributed by atoms with van der Waals surface area (Å²) in [7, 11) is 0. The number of aryl methyl sites for hydroxylation is 4. The van der Waals surface area contributed by atoms with Crippen LogP contribution in [0.3, 0.4) is 0 Å². The fourth-order valence-electron chi connectivity index (χ4n) is 13.7. The van der Waals surface area contributed by atoms with Crippen LogP contribution in [-0.4, -0.2) is 5.11 Å². The van der Waals surface area contributed by atoms with E-state index in [0.29, 0.717) is 11.8 Å². The van der Waals surface area contributed by atoms with E-state index in [1.807, 2.05) is 0 Å². The number of para-hydroxylation sites is 3. The highest BCUT2D eigenvalue weighted by atomic mass is 16.3. The summed E-state index contributed by atoms with van der Waals surface area (Å²) < 4.78 is 7.40. The van der Waals surface area contributed by atoms with Gasteiger partial charge in [-0.15, -0.1) is 0 Å². The van der Waals surface area contributed by atoms with E-state index in [9.17, 15) is 5.11 Å². The van der Waals surface area contributed by atoms with E-state index in [2.05, 4.69) is 293 Å². The van der Waals surface area contributed by atoms with Crippen LogP contribution in [0.25, 0.3) is 87.6 Å². The van der Waals surface area contributed by atoms with E-state index in [0.717, 1.165) is 94.7 Å². The lowest BCUT2D eigenvalue weighted by atomic mass is 9.84. The Morgan fingerprint density at radius 1 is 0.310 bits per heavy atom. The lowest BCUT2D eigenvalue weighted by Gasteiger charge is -2.33. The average Bonchev–Trinajstić information content (AvgIpc) is 0.860. The number of hydrogen-bond donors (Lipinski definition) is 1. The smallest absolute Gasteiger partial charge is 0.159 e. The van der Waals surface area contributed by atoms with Gasteiger partial charge in [0.2, 0.25) is 0 Å². The number of rotatable bonds is 13. The zero-order valence-electron chi connectivity index (χ0n) is 50.6. The predicted molar refractivity (Wildman–Crippen MR) is 360 cm³/mol. The minimum absolute atomic E-state index is 0.171. The zero-order valence-corrected chi connectivity index (χ0v) is 50.6. The molecule has 0 atom stereocenters. The van der Waals surface area contributed by atoms with Crippen LogP contribution in [0.2, 0.25) is 0 Å². The summed E-state index contributed by atoms with van der Waals surface area (Å²) in [6.45, 7) is 27.1. The summed E-state index contributed by atoms with van der Waals surface area (Å²) in [5, 5.41) is 22.5. The topological polar surface area (TPSA) is 39.9 Å². The molecule has 13 rings (SSSR count). The number of anilines is 6. The molecule has 0 spiro atoms. The lowest BCUT2D eigenvalue weighted by molar-refractivity contribution is 0.478. The number of aromatic hydroxyl groups is 1. The van der Waals surface area contributed by atoms with Gasteiger partial charge in [0.05, 0.1) is 22.7 Å². The second kappa shape index (κ2) is 21.3. The molecule has 0 aliphatic heterocycles. The van der Waals surface area contributed by atoms with Gasteiger partial charge in [-0.05, 0) is 171 Å². The van der Waals surface area contributed by atoms with Crippen molar-refractivity contribution in [3.8, 4) is 39.1 Å². The summed E-state index contributed by atoms with van der Waals surface area (Å²) in [5.41, 5.74) is 23.9.